The summed E-state index contributed by atoms with van der Waals surface area (Å²) in [5.74, 6) is -0.0192. The average molecular weight is 403 g/mol. The van der Waals surface area contributed by atoms with E-state index in [-0.39, 0.29) is 18.6 Å². The molecule has 0 unspecified atom stereocenters. The van der Waals surface area contributed by atoms with Crippen molar-refractivity contribution in [3.63, 3.8) is 0 Å². The Bertz CT molecular complexity index is 1320. The second kappa shape index (κ2) is 8.20. The Kier molecular flexibility index (Phi) is 5.30. The molecule has 0 aliphatic rings. The van der Waals surface area contributed by atoms with E-state index in [0.717, 1.165) is 11.3 Å². The van der Waals surface area contributed by atoms with Crippen LogP contribution in [0.4, 0.5) is 5.82 Å². The molecule has 0 atom stereocenters. The Morgan fingerprint density at radius 2 is 1.77 bits per heavy atom. The lowest BCUT2D eigenvalue weighted by Gasteiger charge is -2.14. The maximum atomic E-state index is 13.1. The van der Waals surface area contributed by atoms with Crippen LogP contribution in [0.15, 0.2) is 70.3 Å². The summed E-state index contributed by atoms with van der Waals surface area (Å²) in [7, 11) is 0. The third-order valence-corrected chi connectivity index (χ3v) is 4.87. The van der Waals surface area contributed by atoms with Crippen molar-refractivity contribution in [2.45, 2.75) is 26.4 Å². The number of para-hydroxylation sites is 1. The Balaban J connectivity index is 1.70. The van der Waals surface area contributed by atoms with Gasteiger partial charge in [-0.1, -0.05) is 42.5 Å². The number of H-pyrrole nitrogens is 1. The van der Waals surface area contributed by atoms with Crippen molar-refractivity contribution in [1.29, 1.82) is 0 Å². The molecule has 2 aromatic carbocycles. The first kappa shape index (κ1) is 19.4. The van der Waals surface area contributed by atoms with Crippen molar-refractivity contribution in [2.75, 3.05) is 5.32 Å². The number of fused-ring (bicyclic) bond motifs is 1. The van der Waals surface area contributed by atoms with Crippen molar-refractivity contribution < 1.29 is 4.79 Å². The van der Waals surface area contributed by atoms with Crippen LogP contribution in [0.3, 0.4) is 0 Å². The predicted molar refractivity (Wildman–Crippen MR) is 115 cm³/mol. The number of nitrogens with one attached hydrogen (secondary N) is 2. The predicted octanol–water partition coefficient (Wildman–Crippen LogP) is 2.08. The second-order valence-electron chi connectivity index (χ2n) is 7.06. The topological polar surface area (TPSA) is 102 Å². The number of amides is 1. The maximum Gasteiger partial charge on any atom is 0.331 e. The molecule has 0 radical (unpaired) electrons. The Hall–Kier alpha value is -3.94. The van der Waals surface area contributed by atoms with Gasteiger partial charge in [0.25, 0.3) is 5.56 Å². The highest BCUT2D eigenvalue weighted by molar-refractivity contribution is 5.90. The van der Waals surface area contributed by atoms with E-state index < -0.39 is 11.6 Å². The highest BCUT2D eigenvalue weighted by Gasteiger charge is 2.16. The molecule has 8 nitrogen and oxygen atoms in total. The van der Waals surface area contributed by atoms with Crippen LogP contribution in [-0.4, -0.2) is 25.2 Å². The fraction of sp³-hybridized carbons (Fsp3) is 0.182. The molecule has 2 N–H and O–H groups in total. The molecule has 30 heavy (non-hydrogen) atoms. The molecule has 0 aliphatic carbocycles. The summed E-state index contributed by atoms with van der Waals surface area (Å²) in [6, 6.07) is 18.2. The molecule has 2 heterocycles. The first-order chi connectivity index (χ1) is 14.5. The van der Waals surface area contributed by atoms with Gasteiger partial charge in [0.05, 0.1) is 10.9 Å². The number of aryl methyl sites for hydroxylation is 2. The van der Waals surface area contributed by atoms with E-state index in [4.69, 9.17) is 0 Å². The molecule has 0 aliphatic heterocycles. The van der Waals surface area contributed by atoms with Gasteiger partial charge < -0.3 is 5.32 Å². The van der Waals surface area contributed by atoms with Gasteiger partial charge in [-0.05, 0) is 31.0 Å². The molecule has 0 fully saturated rings. The molecule has 152 valence electrons. The first-order valence-corrected chi connectivity index (χ1v) is 9.61. The lowest BCUT2D eigenvalue weighted by molar-refractivity contribution is -0.116. The number of aromatic amines is 1. The summed E-state index contributed by atoms with van der Waals surface area (Å²) in [4.78, 5) is 38.6. The number of rotatable bonds is 6. The zero-order valence-electron chi connectivity index (χ0n) is 16.5. The fourth-order valence-electron chi connectivity index (χ4n) is 3.41. The monoisotopic (exact) mass is 403 g/mol. The summed E-state index contributed by atoms with van der Waals surface area (Å²) < 4.78 is 2.53. The quantitative estimate of drug-likeness (QED) is 0.515. The van der Waals surface area contributed by atoms with Crippen LogP contribution >= 0.6 is 0 Å². The highest BCUT2D eigenvalue weighted by atomic mass is 16.2. The number of hydrogen-bond donors (Lipinski definition) is 2. The molecular weight excluding hydrogens is 382 g/mol. The SMILES string of the molecule is Cc1cc(NC(=O)Cn2c(=O)n(CCc3ccccc3)c(=O)c3ccccc32)n[nH]1. The van der Waals surface area contributed by atoms with Crippen LogP contribution in [0.5, 0.6) is 0 Å². The number of hydrogen-bond acceptors (Lipinski definition) is 4. The molecule has 0 spiro atoms. The van der Waals surface area contributed by atoms with E-state index in [0.29, 0.717) is 23.1 Å². The average Bonchev–Trinajstić information content (AvgIpc) is 3.16. The van der Waals surface area contributed by atoms with Crippen LogP contribution in [0.2, 0.25) is 0 Å². The minimum absolute atomic E-state index is 0.225. The lowest BCUT2D eigenvalue weighted by atomic mass is 10.1. The van der Waals surface area contributed by atoms with Crippen LogP contribution in [0.1, 0.15) is 11.3 Å². The van der Waals surface area contributed by atoms with Crippen molar-refractivity contribution in [3.8, 4) is 0 Å². The molecule has 1 amide bonds. The summed E-state index contributed by atoms with van der Waals surface area (Å²) in [6.45, 7) is 1.83. The van der Waals surface area contributed by atoms with Crippen LogP contribution in [0.25, 0.3) is 10.9 Å². The molecule has 4 aromatic rings. The number of anilines is 1. The zero-order chi connectivity index (χ0) is 21.1. The maximum absolute atomic E-state index is 13.1. The third kappa shape index (κ3) is 3.93. The highest BCUT2D eigenvalue weighted by Crippen LogP contribution is 2.09. The van der Waals surface area contributed by atoms with Crippen LogP contribution in [0, 0.1) is 6.92 Å². The Morgan fingerprint density at radius 3 is 2.50 bits per heavy atom. The number of nitrogens with zero attached hydrogens (tertiary/aromatic N) is 3. The van der Waals surface area contributed by atoms with Gasteiger partial charge in [-0.25, -0.2) is 4.79 Å². The van der Waals surface area contributed by atoms with E-state index in [9.17, 15) is 14.4 Å². The first-order valence-electron chi connectivity index (χ1n) is 9.61. The summed E-state index contributed by atoms with van der Waals surface area (Å²) >= 11 is 0. The van der Waals surface area contributed by atoms with Crippen molar-refractivity contribution >= 4 is 22.6 Å². The van der Waals surface area contributed by atoms with Gasteiger partial charge in [0, 0.05) is 18.3 Å². The van der Waals surface area contributed by atoms with Crippen molar-refractivity contribution in [3.05, 3.63) is 92.8 Å². The molecule has 4 rings (SSSR count). The zero-order valence-corrected chi connectivity index (χ0v) is 16.5. The smallest absolute Gasteiger partial charge is 0.308 e. The summed E-state index contributed by atoms with van der Waals surface area (Å²) in [5, 5.41) is 9.79. The lowest BCUT2D eigenvalue weighted by Crippen LogP contribution is -2.42. The minimum Gasteiger partial charge on any atom is -0.308 e. The van der Waals surface area contributed by atoms with Crippen molar-refractivity contribution in [2.24, 2.45) is 0 Å². The normalized spacial score (nSPS) is 11.0. The van der Waals surface area contributed by atoms with E-state index in [1.165, 1.54) is 9.13 Å². The number of carbonyl (C=O) groups excluding carboxylic acids is 1. The van der Waals surface area contributed by atoms with Gasteiger partial charge in [0.1, 0.15) is 6.54 Å². The standard InChI is InChI=1S/C22H21N5O3/c1-15-13-19(25-24-15)23-20(28)14-27-18-10-6-5-9-17(18)21(29)26(22(27)30)12-11-16-7-3-2-4-8-16/h2-10,13H,11-12,14H2,1H3,(H2,23,24,25,28). The largest absolute Gasteiger partial charge is 0.331 e. The Morgan fingerprint density at radius 1 is 1.03 bits per heavy atom. The Labute approximate surface area is 171 Å². The van der Waals surface area contributed by atoms with E-state index in [2.05, 4.69) is 15.5 Å². The van der Waals surface area contributed by atoms with E-state index in [1.807, 2.05) is 37.3 Å². The molecule has 8 heteroatoms. The van der Waals surface area contributed by atoms with Crippen molar-refractivity contribution in [1.82, 2.24) is 19.3 Å². The van der Waals surface area contributed by atoms with Gasteiger partial charge in [0.15, 0.2) is 5.82 Å². The van der Waals surface area contributed by atoms with E-state index in [1.54, 1.807) is 30.3 Å². The molecule has 0 saturated heterocycles. The van der Waals surface area contributed by atoms with Gasteiger partial charge >= 0.3 is 5.69 Å². The molecular formula is C22H21N5O3. The summed E-state index contributed by atoms with van der Waals surface area (Å²) in [5.41, 5.74) is 1.39. The third-order valence-electron chi connectivity index (χ3n) is 4.87. The molecule has 0 saturated carbocycles. The van der Waals surface area contributed by atoms with E-state index >= 15 is 0 Å². The fourth-order valence-corrected chi connectivity index (χ4v) is 3.41. The van der Waals surface area contributed by atoms with Gasteiger partial charge in [-0.15, -0.1) is 0 Å². The van der Waals surface area contributed by atoms with Crippen LogP contribution in [-0.2, 0) is 24.3 Å². The number of aromatic nitrogens is 4. The molecule has 2 aromatic heterocycles. The molecule has 0 bridgehead atoms. The number of benzene rings is 2. The van der Waals surface area contributed by atoms with Crippen LogP contribution < -0.4 is 16.6 Å². The minimum atomic E-state index is -0.511. The van der Waals surface area contributed by atoms with Gasteiger partial charge in [-0.2, -0.15) is 5.10 Å². The number of carbonyl (C=O) groups is 1. The van der Waals surface area contributed by atoms with Gasteiger partial charge in [0.2, 0.25) is 5.91 Å². The second-order valence-corrected chi connectivity index (χ2v) is 7.06. The summed E-state index contributed by atoms with van der Waals surface area (Å²) in [6.07, 6.45) is 0.535. The van der Waals surface area contributed by atoms with Gasteiger partial charge in [-0.3, -0.25) is 23.8 Å².